The van der Waals surface area contributed by atoms with E-state index >= 15 is 0 Å². The van der Waals surface area contributed by atoms with Crippen molar-refractivity contribution in [3.8, 4) is 0 Å². The zero-order valence-electron chi connectivity index (χ0n) is 10.4. The van der Waals surface area contributed by atoms with Crippen LogP contribution in [0.25, 0.3) is 0 Å². The van der Waals surface area contributed by atoms with Gasteiger partial charge in [-0.3, -0.25) is 0 Å². The van der Waals surface area contributed by atoms with Crippen LogP contribution in [0.1, 0.15) is 24.9 Å². The summed E-state index contributed by atoms with van der Waals surface area (Å²) in [6.07, 6.45) is 1.09. The highest BCUT2D eigenvalue weighted by atomic mass is 16.3. The highest BCUT2D eigenvalue weighted by molar-refractivity contribution is 5.18. The third kappa shape index (κ3) is 3.28. The van der Waals surface area contributed by atoms with Crippen molar-refractivity contribution in [2.24, 2.45) is 5.92 Å². The van der Waals surface area contributed by atoms with Crippen molar-refractivity contribution in [3.05, 3.63) is 35.9 Å². The smallest absolute Gasteiger partial charge is 0.0486 e. The fraction of sp³-hybridized carbons (Fsp3) is 0.571. The summed E-state index contributed by atoms with van der Waals surface area (Å²) in [6.45, 7) is 4.39. The van der Waals surface area contributed by atoms with E-state index in [-0.39, 0.29) is 6.61 Å². The summed E-state index contributed by atoms with van der Waals surface area (Å²) in [6, 6.07) is 11.2. The number of hydrogen-bond acceptors (Lipinski definition) is 3. The van der Waals surface area contributed by atoms with E-state index in [0.29, 0.717) is 18.0 Å². The molecule has 0 radical (unpaired) electrons. The zero-order valence-corrected chi connectivity index (χ0v) is 10.4. The number of nitrogens with one attached hydrogen (secondary N) is 2. The standard InChI is InChI=1S/C14H22N2O/c1-11(12-5-3-2-4-6-12)16-14-7-8-15-9-13(14)10-17/h2-6,11,13-17H,7-10H2,1H3/t11-,13-,14+/m0/s1. The first-order valence-corrected chi connectivity index (χ1v) is 6.44. The lowest BCUT2D eigenvalue weighted by Crippen LogP contribution is -2.49. The predicted molar refractivity (Wildman–Crippen MR) is 69.8 cm³/mol. The van der Waals surface area contributed by atoms with Crippen molar-refractivity contribution >= 4 is 0 Å². The van der Waals surface area contributed by atoms with Gasteiger partial charge in [-0.1, -0.05) is 30.3 Å². The highest BCUT2D eigenvalue weighted by Gasteiger charge is 2.25. The van der Waals surface area contributed by atoms with Crippen LogP contribution in [0.3, 0.4) is 0 Å². The van der Waals surface area contributed by atoms with Crippen LogP contribution >= 0.6 is 0 Å². The van der Waals surface area contributed by atoms with Gasteiger partial charge in [-0.05, 0) is 25.5 Å². The Bertz CT molecular complexity index is 328. The number of piperidine rings is 1. The van der Waals surface area contributed by atoms with Crippen molar-refractivity contribution in [1.29, 1.82) is 0 Å². The molecule has 1 aromatic rings. The maximum Gasteiger partial charge on any atom is 0.0486 e. The molecule has 1 heterocycles. The molecule has 3 heteroatoms. The Morgan fingerprint density at radius 1 is 1.41 bits per heavy atom. The maximum atomic E-state index is 9.36. The van der Waals surface area contributed by atoms with Gasteiger partial charge in [0.2, 0.25) is 0 Å². The molecule has 1 saturated heterocycles. The second-order valence-electron chi connectivity index (χ2n) is 4.84. The van der Waals surface area contributed by atoms with E-state index in [4.69, 9.17) is 0 Å². The predicted octanol–water partition coefficient (Wildman–Crippen LogP) is 1.31. The molecule has 1 fully saturated rings. The Balaban J connectivity index is 1.95. The molecule has 1 aliphatic heterocycles. The minimum absolute atomic E-state index is 0.256. The highest BCUT2D eigenvalue weighted by Crippen LogP contribution is 2.17. The van der Waals surface area contributed by atoms with Gasteiger partial charge in [-0.15, -0.1) is 0 Å². The van der Waals surface area contributed by atoms with Gasteiger partial charge in [0.1, 0.15) is 0 Å². The Kier molecular flexibility index (Phi) is 4.54. The van der Waals surface area contributed by atoms with E-state index in [1.54, 1.807) is 0 Å². The van der Waals surface area contributed by atoms with Crippen LogP contribution in [0.2, 0.25) is 0 Å². The van der Waals surface area contributed by atoms with Crippen LogP contribution in [-0.4, -0.2) is 30.8 Å². The van der Waals surface area contributed by atoms with E-state index < -0.39 is 0 Å². The van der Waals surface area contributed by atoms with Crippen molar-refractivity contribution in [3.63, 3.8) is 0 Å². The largest absolute Gasteiger partial charge is 0.396 e. The minimum atomic E-state index is 0.256. The molecule has 3 atom stereocenters. The van der Waals surface area contributed by atoms with Crippen LogP contribution < -0.4 is 10.6 Å². The summed E-state index contributed by atoms with van der Waals surface area (Å²) in [7, 11) is 0. The third-order valence-corrected chi connectivity index (χ3v) is 3.61. The van der Waals surface area contributed by atoms with Gasteiger partial charge in [-0.25, -0.2) is 0 Å². The quantitative estimate of drug-likeness (QED) is 0.736. The molecule has 17 heavy (non-hydrogen) atoms. The average Bonchev–Trinajstić information content (AvgIpc) is 2.40. The van der Waals surface area contributed by atoms with E-state index in [1.165, 1.54) is 5.56 Å². The van der Waals surface area contributed by atoms with Crippen LogP contribution in [-0.2, 0) is 0 Å². The molecular weight excluding hydrogens is 212 g/mol. The molecule has 0 amide bonds. The number of benzene rings is 1. The van der Waals surface area contributed by atoms with E-state index in [2.05, 4.69) is 41.8 Å². The molecule has 3 nitrogen and oxygen atoms in total. The van der Waals surface area contributed by atoms with Gasteiger partial charge in [0.25, 0.3) is 0 Å². The van der Waals surface area contributed by atoms with Crippen molar-refractivity contribution in [2.75, 3.05) is 19.7 Å². The fourth-order valence-electron chi connectivity index (χ4n) is 2.49. The van der Waals surface area contributed by atoms with Gasteiger partial charge < -0.3 is 15.7 Å². The molecule has 1 aliphatic rings. The summed E-state index contributed by atoms with van der Waals surface area (Å²) in [4.78, 5) is 0. The van der Waals surface area contributed by atoms with Gasteiger partial charge in [0, 0.05) is 31.2 Å². The molecule has 1 aromatic carbocycles. The molecule has 2 rings (SSSR count). The number of rotatable bonds is 4. The first-order valence-electron chi connectivity index (χ1n) is 6.44. The SMILES string of the molecule is C[C@H](N[C@@H]1CCNC[C@H]1CO)c1ccccc1. The molecule has 0 bridgehead atoms. The second kappa shape index (κ2) is 6.15. The lowest BCUT2D eigenvalue weighted by atomic mass is 9.93. The third-order valence-electron chi connectivity index (χ3n) is 3.61. The number of aliphatic hydroxyl groups is 1. The van der Waals surface area contributed by atoms with Crippen molar-refractivity contribution in [1.82, 2.24) is 10.6 Å². The second-order valence-corrected chi connectivity index (χ2v) is 4.84. The van der Waals surface area contributed by atoms with Crippen molar-refractivity contribution < 1.29 is 5.11 Å². The topological polar surface area (TPSA) is 44.3 Å². The summed E-state index contributed by atoms with van der Waals surface area (Å²) in [5.74, 6) is 0.329. The molecule has 0 saturated carbocycles. The molecule has 0 spiro atoms. The average molecular weight is 234 g/mol. The van der Waals surface area contributed by atoms with Crippen LogP contribution in [0.15, 0.2) is 30.3 Å². The zero-order chi connectivity index (χ0) is 12.1. The lowest BCUT2D eigenvalue weighted by molar-refractivity contribution is 0.157. The molecular formula is C14H22N2O. The number of aliphatic hydroxyl groups excluding tert-OH is 1. The van der Waals surface area contributed by atoms with Crippen molar-refractivity contribution in [2.45, 2.75) is 25.4 Å². The molecule has 94 valence electrons. The Morgan fingerprint density at radius 3 is 2.88 bits per heavy atom. The Hall–Kier alpha value is -0.900. The fourth-order valence-corrected chi connectivity index (χ4v) is 2.49. The molecule has 0 unspecified atom stereocenters. The van der Waals surface area contributed by atoms with E-state index in [9.17, 15) is 5.11 Å². The first-order chi connectivity index (χ1) is 8.31. The van der Waals surface area contributed by atoms with Gasteiger partial charge in [0.15, 0.2) is 0 Å². The van der Waals surface area contributed by atoms with Gasteiger partial charge in [-0.2, -0.15) is 0 Å². The monoisotopic (exact) mass is 234 g/mol. The van der Waals surface area contributed by atoms with Gasteiger partial charge in [0.05, 0.1) is 0 Å². The normalized spacial score (nSPS) is 26.7. The first kappa shape index (κ1) is 12.6. The summed E-state index contributed by atoms with van der Waals surface area (Å²) < 4.78 is 0. The van der Waals surface area contributed by atoms with Crippen LogP contribution in [0, 0.1) is 5.92 Å². The maximum absolute atomic E-state index is 9.36. The van der Waals surface area contributed by atoms with Gasteiger partial charge >= 0.3 is 0 Å². The van der Waals surface area contributed by atoms with E-state index in [0.717, 1.165) is 19.5 Å². The Morgan fingerprint density at radius 2 is 2.18 bits per heavy atom. The summed E-state index contributed by atoms with van der Waals surface area (Å²) in [5.41, 5.74) is 1.31. The summed E-state index contributed by atoms with van der Waals surface area (Å²) in [5, 5.41) is 16.3. The molecule has 3 N–H and O–H groups in total. The lowest BCUT2D eigenvalue weighted by Gasteiger charge is -2.34. The molecule has 0 aliphatic carbocycles. The van der Waals surface area contributed by atoms with E-state index in [1.807, 2.05) is 6.07 Å². The number of hydrogen-bond donors (Lipinski definition) is 3. The summed E-state index contributed by atoms with van der Waals surface area (Å²) >= 11 is 0. The van der Waals surface area contributed by atoms with Crippen LogP contribution in [0.5, 0.6) is 0 Å². The van der Waals surface area contributed by atoms with Crippen LogP contribution in [0.4, 0.5) is 0 Å². The minimum Gasteiger partial charge on any atom is -0.396 e. The Labute approximate surface area is 103 Å². The molecule has 0 aromatic heterocycles.